The number of aromatic nitrogens is 2. The summed E-state index contributed by atoms with van der Waals surface area (Å²) >= 11 is 13.0. The molecular formula is C41H50Cl2N6O9. The number of benzene rings is 3. The molecular weight excluding hydrogens is 791 g/mol. The first-order chi connectivity index (χ1) is 28.1. The number of halogens is 2. The molecule has 17 heteroatoms. The number of methoxy groups -OCH3 is 1. The maximum atomic E-state index is 14.3. The molecule has 0 aliphatic carbocycles. The lowest BCUT2D eigenvalue weighted by atomic mass is 9.95. The number of morpholine rings is 1. The molecule has 2 aliphatic heterocycles. The van der Waals surface area contributed by atoms with Crippen molar-refractivity contribution in [1.29, 1.82) is 0 Å². The highest BCUT2D eigenvalue weighted by molar-refractivity contribution is 6.34. The fourth-order valence-electron chi connectivity index (χ4n) is 6.68. The van der Waals surface area contributed by atoms with Gasteiger partial charge in [-0.2, -0.15) is 5.10 Å². The van der Waals surface area contributed by atoms with Crippen LogP contribution in [0, 0.1) is 0 Å². The van der Waals surface area contributed by atoms with E-state index in [1.807, 2.05) is 44.2 Å². The van der Waals surface area contributed by atoms with Gasteiger partial charge in [0.25, 0.3) is 5.91 Å². The molecule has 4 aromatic rings. The molecule has 58 heavy (non-hydrogen) atoms. The molecule has 3 heterocycles. The second kappa shape index (κ2) is 20.5. The second-order valence-corrected chi connectivity index (χ2v) is 14.9. The third kappa shape index (κ3) is 10.8. The van der Waals surface area contributed by atoms with Gasteiger partial charge in [-0.25, -0.2) is 9.48 Å². The van der Waals surface area contributed by atoms with E-state index in [0.717, 1.165) is 11.1 Å². The summed E-state index contributed by atoms with van der Waals surface area (Å²) in [5.74, 6) is 0.867. The summed E-state index contributed by atoms with van der Waals surface area (Å²) in [6.07, 6.45) is 0. The van der Waals surface area contributed by atoms with E-state index in [9.17, 15) is 9.59 Å². The minimum Gasteiger partial charge on any atom is -0.496 e. The zero-order valence-corrected chi connectivity index (χ0v) is 34.5. The van der Waals surface area contributed by atoms with Gasteiger partial charge in [0, 0.05) is 58.1 Å². The van der Waals surface area contributed by atoms with E-state index in [-0.39, 0.29) is 24.2 Å². The lowest BCUT2D eigenvalue weighted by Gasteiger charge is -2.41. The van der Waals surface area contributed by atoms with E-state index in [2.05, 4.69) is 10.6 Å². The van der Waals surface area contributed by atoms with Crippen LogP contribution in [0.15, 0.2) is 54.6 Å². The highest BCUT2D eigenvalue weighted by atomic mass is 35.5. The monoisotopic (exact) mass is 840 g/mol. The lowest BCUT2D eigenvalue weighted by Crippen LogP contribution is -2.55. The van der Waals surface area contributed by atoms with Crippen molar-refractivity contribution in [3.8, 4) is 39.6 Å². The fraction of sp³-hybridized carbons (Fsp3) is 0.439. The van der Waals surface area contributed by atoms with Gasteiger partial charge in [0.2, 0.25) is 0 Å². The molecule has 0 spiro atoms. The minimum absolute atomic E-state index is 0.0980. The van der Waals surface area contributed by atoms with Crippen molar-refractivity contribution < 1.29 is 42.7 Å². The second-order valence-electron chi connectivity index (χ2n) is 14.1. The Hall–Kier alpha value is -4.45. The van der Waals surface area contributed by atoms with Gasteiger partial charge >= 0.3 is 6.03 Å². The normalized spacial score (nSPS) is 14.3. The number of urea groups is 1. The summed E-state index contributed by atoms with van der Waals surface area (Å²) < 4.78 is 41.3. The standard InChI is InChI=1S/C41H50Cl2N6O9/c1-41(2)26-57-12-9-48(41)39(50)37-34-25-58-36-24-35(52-3)32(23-33(36)38(34)49(47-37)31-21-28(42)20-29(43)22-31)27-5-4-6-30(19-27)46-40(51)45-8-11-54-14-16-56-18-17-55-15-13-53-10-7-44/h4-6,19-24H,7-18,25-26,44H2,1-3H3,(H2,45,46,51). The number of hydrogen-bond acceptors (Lipinski definition) is 11. The Balaban J connectivity index is 1.15. The first-order valence-corrected chi connectivity index (χ1v) is 19.8. The van der Waals surface area contributed by atoms with Crippen LogP contribution in [-0.4, -0.2) is 125 Å². The van der Waals surface area contributed by atoms with Crippen molar-refractivity contribution in [3.63, 3.8) is 0 Å². The van der Waals surface area contributed by atoms with Crippen LogP contribution in [0.5, 0.6) is 11.5 Å². The molecule has 0 radical (unpaired) electrons. The quantitative estimate of drug-likeness (QED) is 0.0975. The number of carbonyl (C=O) groups is 2. The maximum absolute atomic E-state index is 14.3. The van der Waals surface area contributed by atoms with Crippen LogP contribution in [0.1, 0.15) is 29.9 Å². The third-order valence-electron chi connectivity index (χ3n) is 9.44. The van der Waals surface area contributed by atoms with Crippen LogP contribution in [-0.2, 0) is 30.3 Å². The number of fused-ring (bicyclic) bond motifs is 3. The van der Waals surface area contributed by atoms with E-state index < -0.39 is 5.54 Å². The third-order valence-corrected chi connectivity index (χ3v) is 9.88. The van der Waals surface area contributed by atoms with Crippen molar-refractivity contribution in [2.24, 2.45) is 5.73 Å². The van der Waals surface area contributed by atoms with E-state index in [0.29, 0.717) is 135 Å². The number of nitrogens with zero attached hydrogens (tertiary/aromatic N) is 3. The number of carbonyl (C=O) groups excluding carboxylic acids is 2. The molecule has 6 rings (SSSR count). The van der Waals surface area contributed by atoms with Crippen LogP contribution in [0.25, 0.3) is 28.1 Å². The summed E-state index contributed by atoms with van der Waals surface area (Å²) in [6.45, 7) is 9.63. The van der Waals surface area contributed by atoms with Crippen LogP contribution in [0.4, 0.5) is 10.5 Å². The summed E-state index contributed by atoms with van der Waals surface area (Å²) in [7, 11) is 1.58. The smallest absolute Gasteiger partial charge is 0.319 e. The maximum Gasteiger partial charge on any atom is 0.319 e. The Morgan fingerprint density at radius 3 is 2.26 bits per heavy atom. The predicted octanol–water partition coefficient (Wildman–Crippen LogP) is 5.81. The van der Waals surface area contributed by atoms with Gasteiger partial charge in [-0.1, -0.05) is 35.3 Å². The van der Waals surface area contributed by atoms with Crippen LogP contribution in [0.3, 0.4) is 0 Å². The molecule has 312 valence electrons. The van der Waals surface area contributed by atoms with Gasteiger partial charge in [0.15, 0.2) is 5.69 Å². The van der Waals surface area contributed by atoms with Crippen molar-refractivity contribution in [3.05, 3.63) is 75.9 Å². The molecule has 1 aromatic heterocycles. The van der Waals surface area contributed by atoms with Gasteiger partial charge in [-0.3, -0.25) is 4.79 Å². The number of ether oxygens (including phenoxy) is 7. The van der Waals surface area contributed by atoms with E-state index >= 15 is 0 Å². The van der Waals surface area contributed by atoms with Crippen LogP contribution < -0.4 is 25.8 Å². The van der Waals surface area contributed by atoms with Crippen LogP contribution >= 0.6 is 23.2 Å². The molecule has 2 aliphatic rings. The van der Waals surface area contributed by atoms with Crippen molar-refractivity contribution >= 4 is 40.8 Å². The first kappa shape index (κ1) is 43.1. The number of nitrogens with one attached hydrogen (secondary N) is 2. The number of rotatable bonds is 19. The number of amides is 3. The largest absolute Gasteiger partial charge is 0.496 e. The molecule has 0 unspecified atom stereocenters. The molecule has 1 fully saturated rings. The highest BCUT2D eigenvalue weighted by Gasteiger charge is 2.39. The summed E-state index contributed by atoms with van der Waals surface area (Å²) in [6, 6.07) is 15.9. The molecule has 0 saturated carbocycles. The van der Waals surface area contributed by atoms with Gasteiger partial charge in [-0.15, -0.1) is 0 Å². The van der Waals surface area contributed by atoms with Crippen LogP contribution in [0.2, 0.25) is 10.0 Å². The number of hydrogen-bond donors (Lipinski definition) is 3. The Bertz CT molecular complexity index is 2020. The lowest BCUT2D eigenvalue weighted by molar-refractivity contribution is -0.0374. The Labute approximate surface area is 347 Å². The van der Waals surface area contributed by atoms with E-state index in [1.54, 1.807) is 41.0 Å². The van der Waals surface area contributed by atoms with Crippen molar-refractivity contribution in [1.82, 2.24) is 20.0 Å². The zero-order chi connectivity index (χ0) is 41.1. The van der Waals surface area contributed by atoms with Gasteiger partial charge in [0.05, 0.1) is 90.1 Å². The number of nitrogens with two attached hydrogens (primary N) is 1. The molecule has 15 nitrogen and oxygen atoms in total. The molecule has 0 atom stereocenters. The Morgan fingerprint density at radius 2 is 1.59 bits per heavy atom. The topological polar surface area (TPSA) is 170 Å². The van der Waals surface area contributed by atoms with Gasteiger partial charge in [0.1, 0.15) is 18.1 Å². The van der Waals surface area contributed by atoms with Crippen molar-refractivity contribution in [2.75, 3.05) is 98.1 Å². The van der Waals surface area contributed by atoms with Gasteiger partial charge < -0.3 is 54.4 Å². The average Bonchev–Trinajstić information content (AvgIpc) is 3.60. The summed E-state index contributed by atoms with van der Waals surface area (Å²) in [5, 5.41) is 11.5. The minimum atomic E-state index is -0.545. The Morgan fingerprint density at radius 1 is 0.897 bits per heavy atom. The molecule has 3 aromatic carbocycles. The van der Waals surface area contributed by atoms with Crippen molar-refractivity contribution in [2.45, 2.75) is 26.0 Å². The summed E-state index contributed by atoms with van der Waals surface area (Å²) in [5.41, 5.74) is 9.69. The molecule has 1 saturated heterocycles. The predicted molar refractivity (Wildman–Crippen MR) is 221 cm³/mol. The zero-order valence-electron chi connectivity index (χ0n) is 32.9. The number of anilines is 1. The fourth-order valence-corrected chi connectivity index (χ4v) is 7.19. The summed E-state index contributed by atoms with van der Waals surface area (Å²) in [4.78, 5) is 28.9. The van der Waals surface area contributed by atoms with E-state index in [4.69, 9.17) is 67.2 Å². The SMILES string of the molecule is COc1cc2c(cc1-c1cccc(NC(=O)NCCOCCOCCOCCOCCN)c1)-c1c(c(C(=O)N3CCOCC3(C)C)nn1-c1cc(Cl)cc(Cl)c1)CO2. The average molecular weight is 842 g/mol. The molecule has 3 amide bonds. The van der Waals surface area contributed by atoms with Gasteiger partial charge in [-0.05, 0) is 55.8 Å². The molecule has 0 bridgehead atoms. The highest BCUT2D eigenvalue weighted by Crippen LogP contribution is 2.47. The molecule has 4 N–H and O–H groups in total. The Kier molecular flexibility index (Phi) is 15.2. The first-order valence-electron chi connectivity index (χ1n) is 19.1. The van der Waals surface area contributed by atoms with E-state index in [1.165, 1.54) is 0 Å².